The highest BCUT2D eigenvalue weighted by Crippen LogP contribution is 2.25. The van der Waals surface area contributed by atoms with Crippen molar-refractivity contribution in [2.75, 3.05) is 10.7 Å². The van der Waals surface area contributed by atoms with Crippen molar-refractivity contribution < 1.29 is 5.03 Å². The van der Waals surface area contributed by atoms with E-state index in [1.54, 1.807) is 48.5 Å². The Kier molecular flexibility index (Phi) is 2.91. The summed E-state index contributed by atoms with van der Waals surface area (Å²) < 4.78 is 0. The van der Waals surface area contributed by atoms with Crippen LogP contribution in [0.4, 0.5) is 17.1 Å². The summed E-state index contributed by atoms with van der Waals surface area (Å²) in [5.41, 5.74) is 7.10. The van der Waals surface area contributed by atoms with E-state index in [2.05, 4.69) is 0 Å². The Balaban J connectivity index is 2.43. The third-order valence-corrected chi connectivity index (χ3v) is 2.30. The van der Waals surface area contributed by atoms with Gasteiger partial charge in [-0.15, -0.1) is 0 Å². The molecule has 0 heterocycles. The maximum absolute atomic E-state index is 11.1. The van der Waals surface area contributed by atoms with Crippen molar-refractivity contribution in [2.24, 2.45) is 0 Å². The normalized spacial score (nSPS) is 9.88. The number of rotatable bonds is 3. The third-order valence-electron chi connectivity index (χ3n) is 2.30. The summed E-state index contributed by atoms with van der Waals surface area (Å²) in [6.07, 6.45) is 0. The van der Waals surface area contributed by atoms with Crippen molar-refractivity contribution in [3.05, 3.63) is 64.7 Å². The molecule has 2 rings (SSSR count). The predicted molar refractivity (Wildman–Crippen MR) is 66.4 cm³/mol. The Morgan fingerprint density at radius 1 is 0.941 bits per heavy atom. The molecule has 5 nitrogen and oxygen atoms in total. The summed E-state index contributed by atoms with van der Waals surface area (Å²) in [7, 11) is 0. The van der Waals surface area contributed by atoms with Gasteiger partial charge in [0, 0.05) is 5.69 Å². The molecule has 0 spiro atoms. The minimum atomic E-state index is -0.457. The molecule has 2 N–H and O–H groups in total. The van der Waals surface area contributed by atoms with Gasteiger partial charge in [0.15, 0.2) is 5.03 Å². The van der Waals surface area contributed by atoms with Gasteiger partial charge < -0.3 is 5.73 Å². The van der Waals surface area contributed by atoms with Crippen LogP contribution in [-0.4, -0.2) is 5.03 Å². The van der Waals surface area contributed by atoms with E-state index in [-0.39, 0.29) is 0 Å². The Morgan fingerprint density at radius 2 is 1.47 bits per heavy atom. The number of nitrogen functional groups attached to an aromatic ring is 1. The van der Waals surface area contributed by atoms with Crippen LogP contribution in [0.25, 0.3) is 0 Å². The molecule has 0 unspecified atom stereocenters. The van der Waals surface area contributed by atoms with Gasteiger partial charge in [-0.3, -0.25) is 0 Å². The molecule has 17 heavy (non-hydrogen) atoms. The highest BCUT2D eigenvalue weighted by atomic mass is 16.7. The van der Waals surface area contributed by atoms with Crippen molar-refractivity contribution in [2.45, 2.75) is 0 Å². The van der Waals surface area contributed by atoms with Crippen molar-refractivity contribution in [1.29, 1.82) is 0 Å². The Hall–Kier alpha value is -2.56. The zero-order valence-electron chi connectivity index (χ0n) is 8.98. The van der Waals surface area contributed by atoms with E-state index in [9.17, 15) is 10.1 Å². The predicted octanol–water partition coefficient (Wildman–Crippen LogP) is 2.60. The molecule has 0 aliphatic heterocycles. The van der Waals surface area contributed by atoms with Gasteiger partial charge in [0.25, 0.3) is 0 Å². The number of anilines is 3. The molecule has 2 aromatic rings. The highest BCUT2D eigenvalue weighted by molar-refractivity contribution is 5.61. The smallest absolute Gasteiger partial charge is 0.170 e. The molecule has 0 amide bonds. The van der Waals surface area contributed by atoms with Crippen LogP contribution in [0.1, 0.15) is 0 Å². The standard InChI is InChI=1S/C12H11N3O2/c13-10-6-8-12(9-7-10)14(15(16)17)11-4-2-1-3-5-11/h1-9H,13H2. The second-order valence-electron chi connectivity index (χ2n) is 3.48. The molecule has 0 saturated carbocycles. The van der Waals surface area contributed by atoms with Crippen LogP contribution in [0.3, 0.4) is 0 Å². The SMILES string of the molecule is Nc1ccc(N(c2ccccc2)[N+](=O)[O-])cc1. The quantitative estimate of drug-likeness (QED) is 0.498. The van der Waals surface area contributed by atoms with E-state index in [1.807, 2.05) is 6.07 Å². The number of nitrogens with zero attached hydrogens (tertiary/aromatic N) is 2. The average molecular weight is 229 g/mol. The number of hydrogen-bond acceptors (Lipinski definition) is 3. The van der Waals surface area contributed by atoms with E-state index in [0.29, 0.717) is 17.1 Å². The summed E-state index contributed by atoms with van der Waals surface area (Å²) in [6, 6.07) is 15.2. The number of benzene rings is 2. The van der Waals surface area contributed by atoms with E-state index in [4.69, 9.17) is 5.73 Å². The molecule has 0 bridgehead atoms. The van der Waals surface area contributed by atoms with Crippen molar-refractivity contribution in [3.8, 4) is 0 Å². The molecule has 86 valence electrons. The second kappa shape index (κ2) is 4.52. The topological polar surface area (TPSA) is 72.4 Å². The molecule has 0 atom stereocenters. The minimum absolute atomic E-state index is 0.457. The maximum Gasteiger partial charge on any atom is 0.170 e. The van der Waals surface area contributed by atoms with Crippen molar-refractivity contribution in [1.82, 2.24) is 0 Å². The molecule has 0 aliphatic carbocycles. The van der Waals surface area contributed by atoms with E-state index in [0.717, 1.165) is 5.01 Å². The van der Waals surface area contributed by atoms with Crippen LogP contribution in [0, 0.1) is 10.1 Å². The zero-order chi connectivity index (χ0) is 12.3. The first-order valence-electron chi connectivity index (χ1n) is 5.03. The maximum atomic E-state index is 11.1. The van der Waals surface area contributed by atoms with E-state index >= 15 is 0 Å². The molecule has 0 aliphatic rings. The van der Waals surface area contributed by atoms with Gasteiger partial charge in [0.05, 0.1) is 0 Å². The van der Waals surface area contributed by atoms with Gasteiger partial charge in [0.2, 0.25) is 0 Å². The first-order valence-corrected chi connectivity index (χ1v) is 5.03. The summed E-state index contributed by atoms with van der Waals surface area (Å²) in [6.45, 7) is 0. The summed E-state index contributed by atoms with van der Waals surface area (Å²) in [5, 5.41) is 11.6. The fourth-order valence-corrected chi connectivity index (χ4v) is 1.52. The van der Waals surface area contributed by atoms with Gasteiger partial charge in [-0.2, -0.15) is 0 Å². The monoisotopic (exact) mass is 229 g/mol. The third kappa shape index (κ3) is 2.34. The van der Waals surface area contributed by atoms with Crippen molar-refractivity contribution in [3.63, 3.8) is 0 Å². The second-order valence-corrected chi connectivity index (χ2v) is 3.48. The van der Waals surface area contributed by atoms with Gasteiger partial charge in [-0.25, -0.2) is 10.1 Å². The zero-order valence-corrected chi connectivity index (χ0v) is 8.98. The van der Waals surface area contributed by atoms with Crippen LogP contribution < -0.4 is 10.7 Å². The van der Waals surface area contributed by atoms with E-state index in [1.165, 1.54) is 0 Å². The summed E-state index contributed by atoms with van der Waals surface area (Å²) in [4.78, 5) is 11.1. The molecule has 0 radical (unpaired) electrons. The lowest BCUT2D eigenvalue weighted by molar-refractivity contribution is -0.483. The van der Waals surface area contributed by atoms with Gasteiger partial charge in [-0.1, -0.05) is 23.2 Å². The number of hydrazine groups is 1. The van der Waals surface area contributed by atoms with Gasteiger partial charge >= 0.3 is 0 Å². The van der Waals surface area contributed by atoms with Gasteiger partial charge in [0.1, 0.15) is 11.4 Å². The molecular weight excluding hydrogens is 218 g/mol. The Morgan fingerprint density at radius 3 is 2.00 bits per heavy atom. The lowest BCUT2D eigenvalue weighted by Gasteiger charge is -2.13. The highest BCUT2D eigenvalue weighted by Gasteiger charge is 2.19. The molecule has 0 aromatic heterocycles. The number of nitro groups is 1. The van der Waals surface area contributed by atoms with E-state index < -0.39 is 5.03 Å². The van der Waals surface area contributed by atoms with Crippen LogP contribution in [0.2, 0.25) is 0 Å². The lowest BCUT2D eigenvalue weighted by Crippen LogP contribution is -2.24. The van der Waals surface area contributed by atoms with Gasteiger partial charge in [-0.05, 0) is 36.4 Å². The summed E-state index contributed by atoms with van der Waals surface area (Å²) >= 11 is 0. The molecule has 0 saturated heterocycles. The Labute approximate surface area is 98.2 Å². The molecule has 0 fully saturated rings. The fraction of sp³-hybridized carbons (Fsp3) is 0. The first-order chi connectivity index (χ1) is 8.18. The number of para-hydroxylation sites is 1. The van der Waals surface area contributed by atoms with Crippen LogP contribution >= 0.6 is 0 Å². The van der Waals surface area contributed by atoms with Crippen LogP contribution in [0.15, 0.2) is 54.6 Å². The van der Waals surface area contributed by atoms with Crippen LogP contribution in [-0.2, 0) is 0 Å². The fourth-order valence-electron chi connectivity index (χ4n) is 1.52. The number of hydrogen-bond donors (Lipinski definition) is 1. The number of nitrogens with two attached hydrogens (primary N) is 1. The average Bonchev–Trinajstić information content (AvgIpc) is 2.33. The molecule has 2 aromatic carbocycles. The van der Waals surface area contributed by atoms with Crippen LogP contribution in [0.5, 0.6) is 0 Å². The summed E-state index contributed by atoms with van der Waals surface area (Å²) in [5.74, 6) is 0. The minimum Gasteiger partial charge on any atom is -0.399 e. The van der Waals surface area contributed by atoms with Crippen molar-refractivity contribution >= 4 is 17.1 Å². The molecular formula is C12H11N3O2. The largest absolute Gasteiger partial charge is 0.399 e. The first kappa shape index (κ1) is 10.9. The lowest BCUT2D eigenvalue weighted by atomic mass is 10.2. The Bertz CT molecular complexity index is 511. The molecule has 5 heteroatoms.